The normalized spacial score (nSPS) is 18.4. The molecule has 192 valence electrons. The lowest BCUT2D eigenvalue weighted by molar-refractivity contribution is 0.0943. The molecule has 1 saturated heterocycles. The van der Waals surface area contributed by atoms with Crippen molar-refractivity contribution in [2.24, 2.45) is 11.7 Å². The molecule has 36 heavy (non-hydrogen) atoms. The van der Waals surface area contributed by atoms with Crippen molar-refractivity contribution in [3.8, 4) is 11.8 Å². The number of carbonyl (C=O) groups is 1. The molecule has 1 aromatic carbocycles. The van der Waals surface area contributed by atoms with Gasteiger partial charge in [0.2, 0.25) is 0 Å². The SMILES string of the molecule is CC#CCn1c(N2CCC[C@@H](N)C2)cc(=O)n(Cc2cccc(C(=O)NCC3CCCCC3)c2)c1=O. The average Bonchev–Trinajstić information content (AvgIpc) is 2.89. The van der Waals surface area contributed by atoms with Gasteiger partial charge in [-0.15, -0.1) is 5.92 Å². The van der Waals surface area contributed by atoms with Crippen LogP contribution in [0.2, 0.25) is 0 Å². The van der Waals surface area contributed by atoms with Gasteiger partial charge in [0.25, 0.3) is 11.5 Å². The molecule has 2 aliphatic rings. The minimum Gasteiger partial charge on any atom is -0.356 e. The minimum atomic E-state index is -0.411. The lowest BCUT2D eigenvalue weighted by Crippen LogP contribution is -2.48. The standard InChI is InChI=1S/C28H37N5O3/c1-2-3-15-32-25(31-14-8-13-24(29)20-31)17-26(34)33(28(32)36)19-22-11-7-12-23(16-22)27(35)30-18-21-9-5-4-6-10-21/h7,11-12,16-17,21,24H,4-6,8-10,13-15,18-20,29H2,1H3,(H,30,35)/t24-/m1/s1. The number of hydrogen-bond donors (Lipinski definition) is 2. The molecule has 2 aromatic rings. The second kappa shape index (κ2) is 12.1. The van der Waals surface area contributed by atoms with Crippen molar-refractivity contribution < 1.29 is 4.79 Å². The first kappa shape index (κ1) is 25.8. The molecule has 0 bridgehead atoms. The third-order valence-corrected chi connectivity index (χ3v) is 7.26. The van der Waals surface area contributed by atoms with Gasteiger partial charge in [-0.2, -0.15) is 0 Å². The molecule has 1 aromatic heterocycles. The predicted octanol–water partition coefficient (Wildman–Crippen LogP) is 2.32. The molecule has 1 aliphatic heterocycles. The Hall–Kier alpha value is -3.31. The first-order valence-electron chi connectivity index (χ1n) is 13.1. The van der Waals surface area contributed by atoms with Crippen LogP contribution in [0.4, 0.5) is 5.82 Å². The summed E-state index contributed by atoms with van der Waals surface area (Å²) in [6, 6.07) is 8.67. The maximum absolute atomic E-state index is 13.5. The quantitative estimate of drug-likeness (QED) is 0.579. The van der Waals surface area contributed by atoms with Gasteiger partial charge in [0.15, 0.2) is 0 Å². The number of benzene rings is 1. The summed E-state index contributed by atoms with van der Waals surface area (Å²) < 4.78 is 2.76. The Morgan fingerprint density at radius 3 is 2.64 bits per heavy atom. The highest BCUT2D eigenvalue weighted by molar-refractivity contribution is 5.94. The number of nitrogens with one attached hydrogen (secondary N) is 1. The number of nitrogens with zero attached hydrogens (tertiary/aromatic N) is 3. The molecule has 1 saturated carbocycles. The summed E-state index contributed by atoms with van der Waals surface area (Å²) in [5, 5.41) is 3.06. The number of aromatic nitrogens is 2. The molecule has 4 rings (SSSR count). The third-order valence-electron chi connectivity index (χ3n) is 7.26. The Bertz CT molecular complexity index is 1250. The van der Waals surface area contributed by atoms with Gasteiger partial charge in [0.1, 0.15) is 5.82 Å². The van der Waals surface area contributed by atoms with Gasteiger partial charge in [0.05, 0.1) is 13.1 Å². The van der Waals surface area contributed by atoms with E-state index in [0.717, 1.165) is 37.8 Å². The third kappa shape index (κ3) is 6.27. The van der Waals surface area contributed by atoms with Crippen molar-refractivity contribution in [1.29, 1.82) is 0 Å². The Morgan fingerprint density at radius 1 is 1.08 bits per heavy atom. The van der Waals surface area contributed by atoms with Crippen molar-refractivity contribution in [3.63, 3.8) is 0 Å². The van der Waals surface area contributed by atoms with Crippen molar-refractivity contribution in [2.75, 3.05) is 24.5 Å². The number of hydrogen-bond acceptors (Lipinski definition) is 5. The summed E-state index contributed by atoms with van der Waals surface area (Å²) in [7, 11) is 0. The lowest BCUT2D eigenvalue weighted by atomic mass is 9.89. The van der Waals surface area contributed by atoms with E-state index in [1.165, 1.54) is 29.9 Å². The Morgan fingerprint density at radius 2 is 1.89 bits per heavy atom. The van der Waals surface area contributed by atoms with E-state index in [9.17, 15) is 14.4 Å². The number of nitrogens with two attached hydrogens (primary N) is 1. The van der Waals surface area contributed by atoms with Crippen molar-refractivity contribution in [2.45, 2.75) is 71.0 Å². The van der Waals surface area contributed by atoms with E-state index in [0.29, 0.717) is 30.4 Å². The second-order valence-electron chi connectivity index (χ2n) is 9.99. The van der Waals surface area contributed by atoms with Crippen molar-refractivity contribution in [1.82, 2.24) is 14.5 Å². The van der Waals surface area contributed by atoms with E-state index in [-0.39, 0.29) is 30.6 Å². The topological polar surface area (TPSA) is 102 Å². The highest BCUT2D eigenvalue weighted by Gasteiger charge is 2.22. The Balaban J connectivity index is 1.56. The molecule has 1 atom stereocenters. The molecule has 1 amide bonds. The fourth-order valence-electron chi connectivity index (χ4n) is 5.26. The number of anilines is 1. The monoisotopic (exact) mass is 491 g/mol. The minimum absolute atomic E-state index is 0.00833. The summed E-state index contributed by atoms with van der Waals surface area (Å²) in [5.74, 6) is 6.78. The zero-order valence-corrected chi connectivity index (χ0v) is 21.2. The smallest absolute Gasteiger partial charge is 0.333 e. The van der Waals surface area contributed by atoms with Crippen molar-refractivity contribution >= 4 is 11.7 Å². The van der Waals surface area contributed by atoms with E-state index in [2.05, 4.69) is 17.2 Å². The lowest BCUT2D eigenvalue weighted by Gasteiger charge is -2.33. The van der Waals surface area contributed by atoms with Gasteiger partial charge in [-0.25, -0.2) is 4.79 Å². The zero-order chi connectivity index (χ0) is 25.5. The first-order valence-corrected chi connectivity index (χ1v) is 13.1. The first-order chi connectivity index (χ1) is 17.5. The average molecular weight is 492 g/mol. The van der Waals surface area contributed by atoms with Crippen LogP contribution < -0.4 is 27.2 Å². The van der Waals surface area contributed by atoms with Crippen LogP contribution in [0.5, 0.6) is 0 Å². The Labute approximate surface area is 212 Å². The number of rotatable bonds is 7. The molecule has 8 nitrogen and oxygen atoms in total. The van der Waals surface area contributed by atoms with E-state index in [4.69, 9.17) is 5.73 Å². The van der Waals surface area contributed by atoms with Crippen LogP contribution in [0.1, 0.15) is 67.8 Å². The molecular weight excluding hydrogens is 454 g/mol. The van der Waals surface area contributed by atoms with Crippen LogP contribution in [0.3, 0.4) is 0 Å². The predicted molar refractivity (Wildman–Crippen MR) is 142 cm³/mol. The highest BCUT2D eigenvalue weighted by atomic mass is 16.2. The molecule has 0 radical (unpaired) electrons. The van der Waals surface area contributed by atoms with E-state index < -0.39 is 5.69 Å². The van der Waals surface area contributed by atoms with Crippen LogP contribution >= 0.6 is 0 Å². The fourth-order valence-corrected chi connectivity index (χ4v) is 5.26. The van der Waals surface area contributed by atoms with Gasteiger partial charge in [-0.3, -0.25) is 18.7 Å². The van der Waals surface area contributed by atoms with Crippen LogP contribution in [0.25, 0.3) is 0 Å². The largest absolute Gasteiger partial charge is 0.356 e. The zero-order valence-electron chi connectivity index (χ0n) is 21.2. The van der Waals surface area contributed by atoms with E-state index in [1.54, 1.807) is 29.7 Å². The fraction of sp³-hybridized carbons (Fsp3) is 0.536. The number of piperidine rings is 1. The van der Waals surface area contributed by atoms with Crippen molar-refractivity contribution in [3.05, 3.63) is 62.3 Å². The number of carbonyl (C=O) groups excluding carboxylic acids is 1. The molecular formula is C28H37N5O3. The van der Waals surface area contributed by atoms with Gasteiger partial charge in [-0.05, 0) is 56.2 Å². The summed E-state index contributed by atoms with van der Waals surface area (Å²) in [4.78, 5) is 41.3. The van der Waals surface area contributed by atoms with Crippen LogP contribution in [-0.2, 0) is 13.1 Å². The van der Waals surface area contributed by atoms with Gasteiger partial charge in [0, 0.05) is 37.3 Å². The molecule has 0 spiro atoms. The highest BCUT2D eigenvalue weighted by Crippen LogP contribution is 2.23. The summed E-state index contributed by atoms with van der Waals surface area (Å²) in [6.45, 7) is 4.03. The summed E-state index contributed by atoms with van der Waals surface area (Å²) in [5.41, 5.74) is 6.62. The van der Waals surface area contributed by atoms with E-state index >= 15 is 0 Å². The Kier molecular flexibility index (Phi) is 8.65. The summed E-state index contributed by atoms with van der Waals surface area (Å²) in [6.07, 6.45) is 7.91. The molecule has 2 heterocycles. The van der Waals surface area contributed by atoms with Gasteiger partial charge in [-0.1, -0.05) is 37.3 Å². The van der Waals surface area contributed by atoms with Crippen LogP contribution in [0.15, 0.2) is 39.9 Å². The number of amides is 1. The van der Waals surface area contributed by atoms with Crippen LogP contribution in [-0.4, -0.2) is 40.7 Å². The molecule has 8 heteroatoms. The van der Waals surface area contributed by atoms with Gasteiger partial charge >= 0.3 is 5.69 Å². The molecule has 3 N–H and O–H groups in total. The summed E-state index contributed by atoms with van der Waals surface area (Å²) >= 11 is 0. The maximum Gasteiger partial charge on any atom is 0.333 e. The van der Waals surface area contributed by atoms with Gasteiger partial charge < -0.3 is 16.0 Å². The van der Waals surface area contributed by atoms with Crippen LogP contribution in [0, 0.1) is 17.8 Å². The second-order valence-corrected chi connectivity index (χ2v) is 9.99. The van der Waals surface area contributed by atoms with E-state index in [1.807, 2.05) is 11.0 Å². The molecule has 0 unspecified atom stereocenters. The maximum atomic E-state index is 13.5. The molecule has 2 fully saturated rings. The molecule has 1 aliphatic carbocycles.